The maximum atomic E-state index is 12.9. The molecule has 0 bridgehead atoms. The van der Waals surface area contributed by atoms with Gasteiger partial charge in [-0.1, -0.05) is 13.8 Å². The van der Waals surface area contributed by atoms with Gasteiger partial charge in [0.05, 0.1) is 28.4 Å². The molecule has 0 unspecified atom stereocenters. The van der Waals surface area contributed by atoms with E-state index in [4.69, 9.17) is 18.9 Å². The van der Waals surface area contributed by atoms with Crippen molar-refractivity contribution in [2.45, 2.75) is 19.9 Å². The first-order valence-electron chi connectivity index (χ1n) is 9.39. The smallest absolute Gasteiger partial charge is 0.252 e. The summed E-state index contributed by atoms with van der Waals surface area (Å²) in [6.07, 6.45) is 0. The third kappa shape index (κ3) is 5.79. The summed E-state index contributed by atoms with van der Waals surface area (Å²) in [7, 11) is 6.06. The van der Waals surface area contributed by atoms with Crippen molar-refractivity contribution in [1.82, 2.24) is 5.32 Å². The number of rotatable bonds is 9. The van der Waals surface area contributed by atoms with Crippen LogP contribution in [0.1, 0.15) is 24.2 Å². The quantitative estimate of drug-likeness (QED) is 0.652. The van der Waals surface area contributed by atoms with Crippen molar-refractivity contribution in [3.05, 3.63) is 42.0 Å². The number of ether oxygens (including phenoxy) is 4. The second-order valence-electron chi connectivity index (χ2n) is 6.89. The molecule has 1 atom stereocenters. The van der Waals surface area contributed by atoms with Crippen molar-refractivity contribution in [2.75, 3.05) is 33.8 Å². The summed E-state index contributed by atoms with van der Waals surface area (Å²) in [6, 6.07) is 9.11. The standard InChI is InChI=1S/C22H28N2O6/c1-13(2)20(22(26)23-15-9-18(29-5)12-19(10-15)30-6)24-21(25)14-7-16(27-3)11-17(8-14)28-4/h7-13,20H,1-6H3,(H,23,26)(H,24,25)/t20-/m1/s1. The Labute approximate surface area is 176 Å². The molecule has 8 heteroatoms. The topological polar surface area (TPSA) is 95.1 Å². The molecule has 0 aliphatic heterocycles. The summed E-state index contributed by atoms with van der Waals surface area (Å²) in [5, 5.41) is 5.60. The second kappa shape index (κ2) is 10.4. The van der Waals surface area contributed by atoms with Crippen molar-refractivity contribution >= 4 is 17.5 Å². The van der Waals surface area contributed by atoms with Gasteiger partial charge >= 0.3 is 0 Å². The molecule has 0 saturated carbocycles. The molecule has 0 spiro atoms. The average molecular weight is 416 g/mol. The highest BCUT2D eigenvalue weighted by Gasteiger charge is 2.25. The maximum Gasteiger partial charge on any atom is 0.252 e. The molecule has 30 heavy (non-hydrogen) atoms. The first-order valence-corrected chi connectivity index (χ1v) is 9.39. The summed E-state index contributed by atoms with van der Waals surface area (Å²) in [6.45, 7) is 3.70. The Hall–Kier alpha value is -3.42. The minimum absolute atomic E-state index is 0.158. The number of hydrogen-bond acceptors (Lipinski definition) is 6. The van der Waals surface area contributed by atoms with Crippen LogP contribution in [-0.2, 0) is 4.79 Å². The Morgan fingerprint density at radius 1 is 0.733 bits per heavy atom. The van der Waals surface area contributed by atoms with Gasteiger partial charge in [-0.2, -0.15) is 0 Å². The molecule has 2 N–H and O–H groups in total. The first kappa shape index (κ1) is 22.9. The Morgan fingerprint density at radius 3 is 1.57 bits per heavy atom. The van der Waals surface area contributed by atoms with Crippen molar-refractivity contribution in [2.24, 2.45) is 5.92 Å². The number of hydrogen-bond donors (Lipinski definition) is 2. The van der Waals surface area contributed by atoms with E-state index in [1.165, 1.54) is 28.4 Å². The SMILES string of the molecule is COc1cc(NC(=O)[C@H](NC(=O)c2cc(OC)cc(OC)c2)C(C)C)cc(OC)c1. The molecule has 162 valence electrons. The fraction of sp³-hybridized carbons (Fsp3) is 0.364. The summed E-state index contributed by atoms with van der Waals surface area (Å²) in [5.74, 6) is 1.11. The largest absolute Gasteiger partial charge is 0.497 e. The van der Waals surface area contributed by atoms with Crippen molar-refractivity contribution < 1.29 is 28.5 Å². The van der Waals surface area contributed by atoms with Gasteiger partial charge in [-0.05, 0) is 18.1 Å². The van der Waals surface area contributed by atoms with Crippen LogP contribution in [0.5, 0.6) is 23.0 Å². The number of carbonyl (C=O) groups excluding carboxylic acids is 2. The molecule has 2 aromatic rings. The van der Waals surface area contributed by atoms with Crippen LogP contribution < -0.4 is 29.6 Å². The van der Waals surface area contributed by atoms with Gasteiger partial charge in [-0.25, -0.2) is 0 Å². The van der Waals surface area contributed by atoms with Crippen molar-refractivity contribution in [3.8, 4) is 23.0 Å². The van der Waals surface area contributed by atoms with E-state index in [0.29, 0.717) is 34.2 Å². The lowest BCUT2D eigenvalue weighted by Crippen LogP contribution is -2.47. The van der Waals surface area contributed by atoms with Gasteiger partial charge in [-0.3, -0.25) is 9.59 Å². The van der Waals surface area contributed by atoms with Gasteiger partial charge in [-0.15, -0.1) is 0 Å². The molecule has 8 nitrogen and oxygen atoms in total. The van der Waals surface area contributed by atoms with Crippen LogP contribution in [0.3, 0.4) is 0 Å². The van der Waals surface area contributed by atoms with Gasteiger partial charge in [0.25, 0.3) is 5.91 Å². The average Bonchev–Trinajstić information content (AvgIpc) is 2.75. The van der Waals surface area contributed by atoms with Gasteiger partial charge in [0.1, 0.15) is 29.0 Å². The molecule has 2 aromatic carbocycles. The van der Waals surface area contributed by atoms with Crippen molar-refractivity contribution in [3.63, 3.8) is 0 Å². The molecule has 0 aliphatic carbocycles. The Kier molecular flexibility index (Phi) is 7.91. The van der Waals surface area contributed by atoms with Crippen LogP contribution in [0.2, 0.25) is 0 Å². The summed E-state index contributed by atoms with van der Waals surface area (Å²) in [5.41, 5.74) is 0.826. The van der Waals surface area contributed by atoms with E-state index in [0.717, 1.165) is 0 Å². The minimum atomic E-state index is -0.771. The predicted octanol–water partition coefficient (Wildman–Crippen LogP) is 3.11. The molecule has 0 heterocycles. The fourth-order valence-electron chi connectivity index (χ4n) is 2.80. The second-order valence-corrected chi connectivity index (χ2v) is 6.89. The zero-order valence-electron chi connectivity index (χ0n) is 18.1. The zero-order valence-corrected chi connectivity index (χ0v) is 18.1. The number of methoxy groups -OCH3 is 4. The van der Waals surface area contributed by atoms with Gasteiger partial charge in [0.2, 0.25) is 5.91 Å². The maximum absolute atomic E-state index is 12.9. The predicted molar refractivity (Wildman–Crippen MR) is 114 cm³/mol. The van der Waals surface area contributed by atoms with Crippen LogP contribution in [-0.4, -0.2) is 46.3 Å². The van der Waals surface area contributed by atoms with E-state index >= 15 is 0 Å². The number of amides is 2. The number of benzene rings is 2. The lowest BCUT2D eigenvalue weighted by atomic mass is 10.0. The molecule has 0 aliphatic rings. The normalized spacial score (nSPS) is 11.4. The molecule has 0 fully saturated rings. The molecular weight excluding hydrogens is 388 g/mol. The van der Waals surface area contributed by atoms with Crippen LogP contribution in [0, 0.1) is 5.92 Å². The summed E-state index contributed by atoms with van der Waals surface area (Å²) < 4.78 is 20.9. The number of anilines is 1. The van der Waals surface area contributed by atoms with Crippen LogP contribution >= 0.6 is 0 Å². The van der Waals surface area contributed by atoms with Crippen LogP contribution in [0.25, 0.3) is 0 Å². The Morgan fingerprint density at radius 2 is 1.17 bits per heavy atom. The van der Waals surface area contributed by atoms with Gasteiger partial charge in [0.15, 0.2) is 0 Å². The highest BCUT2D eigenvalue weighted by Crippen LogP contribution is 2.26. The van der Waals surface area contributed by atoms with E-state index in [9.17, 15) is 9.59 Å². The lowest BCUT2D eigenvalue weighted by Gasteiger charge is -2.22. The molecule has 0 aromatic heterocycles. The lowest BCUT2D eigenvalue weighted by molar-refractivity contribution is -0.118. The van der Waals surface area contributed by atoms with Crippen molar-refractivity contribution in [1.29, 1.82) is 0 Å². The van der Waals surface area contributed by atoms with Gasteiger partial charge < -0.3 is 29.6 Å². The van der Waals surface area contributed by atoms with Crippen LogP contribution in [0.4, 0.5) is 5.69 Å². The summed E-state index contributed by atoms with van der Waals surface area (Å²) >= 11 is 0. The Bertz CT molecular complexity index is 853. The van der Waals surface area contributed by atoms with E-state index in [2.05, 4.69) is 10.6 Å². The minimum Gasteiger partial charge on any atom is -0.497 e. The fourth-order valence-corrected chi connectivity index (χ4v) is 2.80. The number of nitrogens with one attached hydrogen (secondary N) is 2. The monoisotopic (exact) mass is 416 g/mol. The molecular formula is C22H28N2O6. The number of carbonyl (C=O) groups is 2. The molecule has 0 radical (unpaired) electrons. The molecule has 0 saturated heterocycles. The van der Waals surface area contributed by atoms with E-state index in [1.54, 1.807) is 36.4 Å². The van der Waals surface area contributed by atoms with E-state index in [-0.39, 0.29) is 11.8 Å². The third-order valence-electron chi connectivity index (χ3n) is 4.47. The Balaban J connectivity index is 2.21. The molecule has 2 rings (SSSR count). The molecule has 2 amide bonds. The highest BCUT2D eigenvalue weighted by molar-refractivity contribution is 6.01. The summed E-state index contributed by atoms with van der Waals surface area (Å²) in [4.78, 5) is 25.7. The van der Waals surface area contributed by atoms with E-state index in [1.807, 2.05) is 13.8 Å². The zero-order chi connectivity index (χ0) is 22.3. The first-order chi connectivity index (χ1) is 14.3. The van der Waals surface area contributed by atoms with Gasteiger partial charge in [0, 0.05) is 35.5 Å². The highest BCUT2D eigenvalue weighted by atomic mass is 16.5. The third-order valence-corrected chi connectivity index (χ3v) is 4.47. The van der Waals surface area contributed by atoms with E-state index < -0.39 is 11.9 Å². The van der Waals surface area contributed by atoms with Crippen LogP contribution in [0.15, 0.2) is 36.4 Å².